The van der Waals surface area contributed by atoms with E-state index in [0.717, 1.165) is 5.06 Å². The molecule has 0 N–H and O–H groups in total. The Balaban J connectivity index is 2.26. The Kier molecular flexibility index (Phi) is 5.79. The van der Waals surface area contributed by atoms with E-state index >= 15 is 0 Å². The van der Waals surface area contributed by atoms with Gasteiger partial charge in [0.05, 0.1) is 13.0 Å². The minimum absolute atomic E-state index is 0.00501. The van der Waals surface area contributed by atoms with Gasteiger partial charge in [-0.3, -0.25) is 9.59 Å². The minimum atomic E-state index is -0.526. The van der Waals surface area contributed by atoms with Crippen LogP contribution in [0.15, 0.2) is 0 Å². The molecule has 6 heteroatoms. The predicted molar refractivity (Wildman–Crippen MR) is 68.7 cm³/mol. The van der Waals surface area contributed by atoms with Gasteiger partial charge in [0, 0.05) is 26.4 Å². The molecule has 1 aliphatic rings. The highest BCUT2D eigenvalue weighted by atomic mass is 16.7. The average Bonchev–Trinajstić information content (AvgIpc) is 2.71. The van der Waals surface area contributed by atoms with Crippen molar-refractivity contribution in [2.75, 3.05) is 20.1 Å². The van der Waals surface area contributed by atoms with Gasteiger partial charge in [-0.2, -0.15) is 5.06 Å². The Bertz CT molecular complexity index is 355. The van der Waals surface area contributed by atoms with E-state index in [4.69, 9.17) is 4.84 Å². The summed E-state index contributed by atoms with van der Waals surface area (Å²) in [7, 11) is 1.72. The Morgan fingerprint density at radius 3 is 2.58 bits per heavy atom. The van der Waals surface area contributed by atoms with Gasteiger partial charge in [0.15, 0.2) is 0 Å². The highest BCUT2D eigenvalue weighted by Gasteiger charge is 2.24. The van der Waals surface area contributed by atoms with Gasteiger partial charge in [-0.05, 0) is 12.3 Å². The highest BCUT2D eigenvalue weighted by Crippen LogP contribution is 2.11. The van der Waals surface area contributed by atoms with Gasteiger partial charge >= 0.3 is 5.97 Å². The van der Waals surface area contributed by atoms with Crippen molar-refractivity contribution in [2.45, 2.75) is 39.5 Å². The molecule has 1 rings (SSSR count). The predicted octanol–water partition coefficient (Wildman–Crippen LogP) is 0.962. The highest BCUT2D eigenvalue weighted by molar-refractivity contribution is 5.83. The summed E-state index contributed by atoms with van der Waals surface area (Å²) in [5.41, 5.74) is 0. The zero-order valence-electron chi connectivity index (χ0n) is 11.8. The second kappa shape index (κ2) is 7.11. The molecule has 19 heavy (non-hydrogen) atoms. The van der Waals surface area contributed by atoms with Crippen molar-refractivity contribution in [1.82, 2.24) is 9.96 Å². The molecule has 0 saturated carbocycles. The van der Waals surface area contributed by atoms with Crippen LogP contribution < -0.4 is 0 Å². The number of rotatable bonds is 6. The maximum absolute atomic E-state index is 11.7. The molecule has 0 aromatic rings. The second-order valence-electron chi connectivity index (χ2n) is 5.23. The topological polar surface area (TPSA) is 66.9 Å². The van der Waals surface area contributed by atoms with Crippen molar-refractivity contribution in [1.29, 1.82) is 0 Å². The molecule has 1 fully saturated rings. The molecule has 0 bridgehead atoms. The first kappa shape index (κ1) is 15.5. The third-order valence-electron chi connectivity index (χ3n) is 2.85. The summed E-state index contributed by atoms with van der Waals surface area (Å²) in [6, 6.07) is 0. The maximum Gasteiger partial charge on any atom is 0.333 e. The summed E-state index contributed by atoms with van der Waals surface area (Å²) in [6.07, 6.45) is 1.25. The standard InChI is InChI=1S/C13H22N2O4/c1-10(2)9-14(3)11(16)6-7-13(18)19-15-8-4-5-12(15)17/h10H,4-9H2,1-3H3. The molecular weight excluding hydrogens is 248 g/mol. The number of hydroxylamine groups is 2. The van der Waals surface area contributed by atoms with Gasteiger partial charge in [-0.15, -0.1) is 0 Å². The van der Waals surface area contributed by atoms with Crippen LogP contribution in [0.3, 0.4) is 0 Å². The van der Waals surface area contributed by atoms with Crippen molar-refractivity contribution < 1.29 is 19.2 Å². The quantitative estimate of drug-likeness (QED) is 0.721. The Morgan fingerprint density at radius 1 is 1.37 bits per heavy atom. The lowest BCUT2D eigenvalue weighted by atomic mass is 10.2. The first-order valence-corrected chi connectivity index (χ1v) is 6.65. The minimum Gasteiger partial charge on any atom is -0.345 e. The van der Waals surface area contributed by atoms with Crippen LogP contribution in [0.1, 0.15) is 39.5 Å². The smallest absolute Gasteiger partial charge is 0.333 e. The van der Waals surface area contributed by atoms with Crippen LogP contribution in [-0.4, -0.2) is 47.9 Å². The number of hydrogen-bond donors (Lipinski definition) is 0. The van der Waals surface area contributed by atoms with Gasteiger partial charge in [-0.25, -0.2) is 4.79 Å². The lowest BCUT2D eigenvalue weighted by Crippen LogP contribution is -2.32. The van der Waals surface area contributed by atoms with E-state index in [-0.39, 0.29) is 24.7 Å². The van der Waals surface area contributed by atoms with Gasteiger partial charge in [-0.1, -0.05) is 13.8 Å². The lowest BCUT2D eigenvalue weighted by molar-refractivity contribution is -0.193. The van der Waals surface area contributed by atoms with Crippen LogP contribution >= 0.6 is 0 Å². The van der Waals surface area contributed by atoms with E-state index in [0.29, 0.717) is 31.8 Å². The van der Waals surface area contributed by atoms with E-state index in [9.17, 15) is 14.4 Å². The molecule has 0 aromatic carbocycles. The number of carbonyl (C=O) groups is 3. The first-order chi connectivity index (χ1) is 8.90. The van der Waals surface area contributed by atoms with Crippen LogP contribution in [-0.2, 0) is 19.2 Å². The number of nitrogens with zero attached hydrogens (tertiary/aromatic N) is 2. The van der Waals surface area contributed by atoms with Crippen molar-refractivity contribution in [3.8, 4) is 0 Å². The fourth-order valence-corrected chi connectivity index (χ4v) is 1.94. The van der Waals surface area contributed by atoms with Crippen molar-refractivity contribution in [3.05, 3.63) is 0 Å². The Hall–Kier alpha value is -1.59. The largest absolute Gasteiger partial charge is 0.345 e. The molecule has 0 aliphatic carbocycles. The van der Waals surface area contributed by atoms with E-state index in [1.54, 1.807) is 11.9 Å². The number of hydrogen-bond acceptors (Lipinski definition) is 4. The van der Waals surface area contributed by atoms with Gasteiger partial charge < -0.3 is 9.74 Å². The van der Waals surface area contributed by atoms with Crippen molar-refractivity contribution >= 4 is 17.8 Å². The van der Waals surface area contributed by atoms with Crippen molar-refractivity contribution in [2.24, 2.45) is 5.92 Å². The average molecular weight is 270 g/mol. The van der Waals surface area contributed by atoms with E-state index in [2.05, 4.69) is 0 Å². The molecule has 0 atom stereocenters. The third kappa shape index (κ3) is 5.28. The van der Waals surface area contributed by atoms with E-state index in [1.165, 1.54) is 0 Å². The van der Waals surface area contributed by atoms with E-state index < -0.39 is 5.97 Å². The SMILES string of the molecule is CC(C)CN(C)C(=O)CCC(=O)ON1CCCC1=O. The first-order valence-electron chi connectivity index (χ1n) is 6.65. The van der Waals surface area contributed by atoms with Crippen LogP contribution in [0.25, 0.3) is 0 Å². The van der Waals surface area contributed by atoms with Crippen LogP contribution in [0.4, 0.5) is 0 Å². The lowest BCUT2D eigenvalue weighted by Gasteiger charge is -2.19. The summed E-state index contributed by atoms with van der Waals surface area (Å²) in [5.74, 6) is -0.389. The van der Waals surface area contributed by atoms with Crippen molar-refractivity contribution in [3.63, 3.8) is 0 Å². The number of amides is 2. The van der Waals surface area contributed by atoms with E-state index in [1.807, 2.05) is 13.8 Å². The molecule has 1 heterocycles. The molecule has 1 aliphatic heterocycles. The maximum atomic E-state index is 11.7. The van der Waals surface area contributed by atoms with Gasteiger partial charge in [0.1, 0.15) is 0 Å². The number of carbonyl (C=O) groups excluding carboxylic acids is 3. The zero-order chi connectivity index (χ0) is 14.4. The molecular formula is C13H22N2O4. The molecule has 6 nitrogen and oxygen atoms in total. The molecule has 0 aromatic heterocycles. The second-order valence-corrected chi connectivity index (χ2v) is 5.23. The molecule has 0 unspecified atom stereocenters. The summed E-state index contributed by atoms with van der Waals surface area (Å²) in [5, 5.41) is 1.09. The van der Waals surface area contributed by atoms with Crippen LogP contribution in [0.2, 0.25) is 0 Å². The summed E-state index contributed by atoms with van der Waals surface area (Å²) in [6.45, 7) is 5.17. The van der Waals surface area contributed by atoms with Gasteiger partial charge in [0.25, 0.3) is 5.91 Å². The third-order valence-corrected chi connectivity index (χ3v) is 2.85. The summed E-state index contributed by atoms with van der Waals surface area (Å²) in [4.78, 5) is 41.0. The van der Waals surface area contributed by atoms with Gasteiger partial charge in [0.2, 0.25) is 5.91 Å². The van der Waals surface area contributed by atoms with Crippen LogP contribution in [0.5, 0.6) is 0 Å². The fourth-order valence-electron chi connectivity index (χ4n) is 1.94. The summed E-state index contributed by atoms with van der Waals surface area (Å²) < 4.78 is 0. The Morgan fingerprint density at radius 2 is 2.05 bits per heavy atom. The Labute approximate surface area is 113 Å². The molecule has 2 amide bonds. The fraction of sp³-hybridized carbons (Fsp3) is 0.769. The zero-order valence-corrected chi connectivity index (χ0v) is 11.8. The normalized spacial score (nSPS) is 14.9. The molecule has 108 valence electrons. The van der Waals surface area contributed by atoms with Crippen LogP contribution in [0, 0.1) is 5.92 Å². The molecule has 0 radical (unpaired) electrons. The molecule has 0 spiro atoms. The monoisotopic (exact) mass is 270 g/mol. The summed E-state index contributed by atoms with van der Waals surface area (Å²) >= 11 is 0. The molecule has 1 saturated heterocycles.